The number of ether oxygens (including phenoxy) is 2. The van der Waals surface area contributed by atoms with Crippen LogP contribution in [-0.4, -0.2) is 12.6 Å². The Labute approximate surface area is 194 Å². The Morgan fingerprint density at radius 3 is 2.68 bits per heavy atom. The van der Waals surface area contributed by atoms with E-state index in [2.05, 4.69) is 29.5 Å². The number of aryl methyl sites for hydroxylation is 1. The average Bonchev–Trinajstić information content (AvgIpc) is 2.73. The molecule has 0 N–H and O–H groups in total. The number of benzene rings is 1. The second-order valence-electron chi connectivity index (χ2n) is 7.46. The second kappa shape index (κ2) is 10.4. The van der Waals surface area contributed by atoms with E-state index in [9.17, 15) is 14.0 Å². The Balaban J connectivity index is 2.15. The fourth-order valence-corrected chi connectivity index (χ4v) is 4.60. The molecule has 0 aliphatic carbocycles. The van der Waals surface area contributed by atoms with Gasteiger partial charge in [-0.25, -0.2) is 14.0 Å². The molecule has 5 nitrogen and oxygen atoms in total. The summed E-state index contributed by atoms with van der Waals surface area (Å²) in [5.41, 5.74) is 0.259. The van der Waals surface area contributed by atoms with Gasteiger partial charge < -0.3 is 13.9 Å². The van der Waals surface area contributed by atoms with Crippen molar-refractivity contribution in [3.8, 4) is 5.75 Å². The lowest BCUT2D eigenvalue weighted by Gasteiger charge is -2.29. The van der Waals surface area contributed by atoms with Crippen LogP contribution in [0.1, 0.15) is 69.3 Å². The van der Waals surface area contributed by atoms with E-state index < -0.39 is 23.3 Å². The molecule has 1 aliphatic heterocycles. The highest BCUT2D eigenvalue weighted by atomic mass is 127. The standard InChI is InChI=1S/C24H26FIO5/c1-4-6-7-8-12-17-21(26)22-20(24(28)31-17)19(15-10-9-11-16(25)13-15)18(14(3)30-22)23(27)29-5-2/h9-11,13,19H,4-8,12H2,1-3H3. The van der Waals surface area contributed by atoms with E-state index >= 15 is 0 Å². The van der Waals surface area contributed by atoms with Gasteiger partial charge in [-0.1, -0.05) is 38.3 Å². The van der Waals surface area contributed by atoms with Crippen molar-refractivity contribution in [1.29, 1.82) is 0 Å². The summed E-state index contributed by atoms with van der Waals surface area (Å²) in [6.45, 7) is 5.67. The van der Waals surface area contributed by atoms with E-state index in [4.69, 9.17) is 13.9 Å². The van der Waals surface area contributed by atoms with Crippen molar-refractivity contribution in [1.82, 2.24) is 0 Å². The molecule has 1 aromatic carbocycles. The van der Waals surface area contributed by atoms with Crippen LogP contribution in [0, 0.1) is 9.39 Å². The zero-order valence-electron chi connectivity index (χ0n) is 17.9. The monoisotopic (exact) mass is 540 g/mol. The Hall–Kier alpha value is -2.16. The predicted molar refractivity (Wildman–Crippen MR) is 124 cm³/mol. The van der Waals surface area contributed by atoms with Crippen LogP contribution in [-0.2, 0) is 16.0 Å². The third-order valence-electron chi connectivity index (χ3n) is 5.27. The maximum absolute atomic E-state index is 14.1. The van der Waals surface area contributed by atoms with Crippen LogP contribution >= 0.6 is 22.6 Å². The minimum absolute atomic E-state index is 0.168. The number of carbonyl (C=O) groups excluding carboxylic acids is 1. The molecule has 166 valence electrons. The number of hydrogen-bond acceptors (Lipinski definition) is 5. The number of halogens is 2. The molecular weight excluding hydrogens is 514 g/mol. The van der Waals surface area contributed by atoms with E-state index in [0.717, 1.165) is 25.7 Å². The van der Waals surface area contributed by atoms with Crippen molar-refractivity contribution in [3.05, 3.63) is 72.3 Å². The van der Waals surface area contributed by atoms with Gasteiger partial charge in [0, 0.05) is 6.42 Å². The van der Waals surface area contributed by atoms with Gasteiger partial charge in [-0.05, 0) is 60.6 Å². The van der Waals surface area contributed by atoms with Gasteiger partial charge in [0.2, 0.25) is 0 Å². The molecule has 0 fully saturated rings. The van der Waals surface area contributed by atoms with Crippen LogP contribution in [0.4, 0.5) is 4.39 Å². The summed E-state index contributed by atoms with van der Waals surface area (Å²) in [4.78, 5) is 25.9. The average molecular weight is 540 g/mol. The highest BCUT2D eigenvalue weighted by molar-refractivity contribution is 14.1. The normalized spacial score (nSPS) is 15.5. The first-order valence-electron chi connectivity index (χ1n) is 10.6. The van der Waals surface area contributed by atoms with E-state index in [-0.39, 0.29) is 17.7 Å². The second-order valence-corrected chi connectivity index (χ2v) is 8.54. The fourth-order valence-electron chi connectivity index (χ4n) is 3.82. The van der Waals surface area contributed by atoms with E-state index in [0.29, 0.717) is 32.8 Å². The minimum Gasteiger partial charge on any atom is -0.463 e. The van der Waals surface area contributed by atoms with Crippen molar-refractivity contribution in [2.45, 2.75) is 58.8 Å². The number of esters is 1. The lowest BCUT2D eigenvalue weighted by molar-refractivity contribution is -0.139. The van der Waals surface area contributed by atoms with Gasteiger partial charge in [0.25, 0.3) is 0 Å². The minimum atomic E-state index is -0.836. The van der Waals surface area contributed by atoms with Gasteiger partial charge in [-0.15, -0.1) is 0 Å². The molecule has 1 aromatic heterocycles. The van der Waals surface area contributed by atoms with Crippen molar-refractivity contribution in [2.75, 3.05) is 6.61 Å². The van der Waals surface area contributed by atoms with Crippen LogP contribution in [0.3, 0.4) is 0 Å². The molecule has 0 saturated carbocycles. The lowest BCUT2D eigenvalue weighted by Crippen LogP contribution is -2.29. The number of fused-ring (bicyclic) bond motifs is 1. The number of hydrogen-bond donors (Lipinski definition) is 0. The molecule has 0 bridgehead atoms. The highest BCUT2D eigenvalue weighted by Crippen LogP contribution is 2.44. The first kappa shape index (κ1) is 23.5. The van der Waals surface area contributed by atoms with Gasteiger partial charge in [0.15, 0.2) is 5.75 Å². The largest absolute Gasteiger partial charge is 0.463 e. The maximum atomic E-state index is 14.1. The summed E-state index contributed by atoms with van der Waals surface area (Å²) in [5.74, 6) is -0.609. The summed E-state index contributed by atoms with van der Waals surface area (Å²) in [6, 6.07) is 5.86. The molecule has 0 spiro atoms. The Kier molecular flexibility index (Phi) is 7.91. The number of rotatable bonds is 8. The van der Waals surface area contributed by atoms with E-state index in [1.54, 1.807) is 26.0 Å². The topological polar surface area (TPSA) is 65.7 Å². The SMILES string of the molecule is CCCCCCc1oc(=O)c2c(c1I)OC(C)=C(C(=O)OCC)C2c1cccc(F)c1. The first-order valence-corrected chi connectivity index (χ1v) is 11.6. The summed E-state index contributed by atoms with van der Waals surface area (Å²) in [5, 5.41) is 0. The van der Waals surface area contributed by atoms with Crippen molar-refractivity contribution in [3.63, 3.8) is 0 Å². The molecule has 0 saturated heterocycles. The van der Waals surface area contributed by atoms with Crippen LogP contribution < -0.4 is 10.4 Å². The number of carbonyl (C=O) groups is 1. The third-order valence-corrected chi connectivity index (χ3v) is 6.36. The number of unbranched alkanes of at least 4 members (excludes halogenated alkanes) is 3. The molecule has 0 radical (unpaired) electrons. The molecule has 2 heterocycles. The highest BCUT2D eigenvalue weighted by Gasteiger charge is 2.39. The van der Waals surface area contributed by atoms with Crippen LogP contribution in [0.25, 0.3) is 0 Å². The molecule has 3 rings (SSSR count). The maximum Gasteiger partial charge on any atom is 0.343 e. The zero-order valence-corrected chi connectivity index (χ0v) is 20.1. The Morgan fingerprint density at radius 1 is 1.23 bits per heavy atom. The number of allylic oxidation sites excluding steroid dienone is 1. The third kappa shape index (κ3) is 5.02. The summed E-state index contributed by atoms with van der Waals surface area (Å²) in [6.07, 6.45) is 4.81. The Morgan fingerprint density at radius 2 is 2.00 bits per heavy atom. The van der Waals surface area contributed by atoms with E-state index in [1.807, 2.05) is 0 Å². The summed E-state index contributed by atoms with van der Waals surface area (Å²) >= 11 is 2.12. The molecule has 1 atom stereocenters. The van der Waals surface area contributed by atoms with E-state index in [1.165, 1.54) is 12.1 Å². The quantitative estimate of drug-likeness (QED) is 0.238. The smallest absolute Gasteiger partial charge is 0.343 e. The molecule has 31 heavy (non-hydrogen) atoms. The Bertz CT molecular complexity index is 1060. The molecule has 7 heteroatoms. The van der Waals surface area contributed by atoms with Gasteiger partial charge in [-0.2, -0.15) is 0 Å². The first-order chi connectivity index (χ1) is 14.9. The van der Waals surface area contributed by atoms with Crippen LogP contribution in [0.15, 0.2) is 44.8 Å². The lowest BCUT2D eigenvalue weighted by atomic mass is 9.83. The molecular formula is C24H26FIO5. The fraction of sp³-hybridized carbons (Fsp3) is 0.417. The summed E-state index contributed by atoms with van der Waals surface area (Å²) < 4.78 is 31.6. The molecule has 1 aliphatic rings. The zero-order chi connectivity index (χ0) is 22.5. The van der Waals surface area contributed by atoms with Gasteiger partial charge >= 0.3 is 11.6 Å². The van der Waals surface area contributed by atoms with Gasteiger partial charge in [-0.3, -0.25) is 0 Å². The molecule has 0 amide bonds. The molecule has 2 aromatic rings. The van der Waals surface area contributed by atoms with Gasteiger partial charge in [0.1, 0.15) is 17.3 Å². The summed E-state index contributed by atoms with van der Waals surface area (Å²) in [7, 11) is 0. The van der Waals surface area contributed by atoms with Crippen LogP contribution in [0.2, 0.25) is 0 Å². The van der Waals surface area contributed by atoms with Crippen molar-refractivity contribution < 1.29 is 23.1 Å². The van der Waals surface area contributed by atoms with Gasteiger partial charge in [0.05, 0.1) is 27.2 Å². The van der Waals surface area contributed by atoms with Crippen molar-refractivity contribution in [2.24, 2.45) is 0 Å². The van der Waals surface area contributed by atoms with Crippen LogP contribution in [0.5, 0.6) is 5.75 Å². The molecule has 1 unspecified atom stereocenters. The predicted octanol–water partition coefficient (Wildman–Crippen LogP) is 5.87. The van der Waals surface area contributed by atoms with Crippen molar-refractivity contribution >= 4 is 28.6 Å².